The van der Waals surface area contributed by atoms with Crippen molar-refractivity contribution in [3.63, 3.8) is 0 Å². The average molecular weight is 377 g/mol. The molecule has 2 N–H and O–H groups in total. The van der Waals surface area contributed by atoms with Crippen molar-refractivity contribution >= 4 is 33.1 Å². The highest BCUT2D eigenvalue weighted by atomic mass is 32.2. The minimum absolute atomic E-state index is 0.0766. The van der Waals surface area contributed by atoms with Gasteiger partial charge in [-0.25, -0.2) is 8.42 Å². The molecule has 25 heavy (non-hydrogen) atoms. The zero-order valence-electron chi connectivity index (χ0n) is 13.9. The fourth-order valence-corrected chi connectivity index (χ4v) is 4.47. The highest BCUT2D eigenvalue weighted by Gasteiger charge is 2.32. The topological polar surface area (TPSA) is 87.6 Å². The van der Waals surface area contributed by atoms with E-state index in [2.05, 4.69) is 15.0 Å². The zero-order valence-corrected chi connectivity index (χ0v) is 15.5. The molecular weight excluding hydrogens is 358 g/mol. The number of fused-ring (bicyclic) bond motifs is 1. The van der Waals surface area contributed by atoms with Crippen molar-refractivity contribution in [2.45, 2.75) is 31.3 Å². The number of rotatable bonds is 5. The molecule has 132 valence electrons. The summed E-state index contributed by atoms with van der Waals surface area (Å²) in [6, 6.07) is 7.89. The number of nitrogens with zero attached hydrogens (tertiary/aromatic N) is 1. The van der Waals surface area contributed by atoms with Crippen LogP contribution in [0.4, 0.5) is 0 Å². The summed E-state index contributed by atoms with van der Waals surface area (Å²) in [7, 11) is -3.61. The average Bonchev–Trinajstić information content (AvgIpc) is 3.17. The van der Waals surface area contributed by atoms with Gasteiger partial charge in [0.1, 0.15) is 11.9 Å². The van der Waals surface area contributed by atoms with Crippen molar-refractivity contribution in [1.29, 1.82) is 0 Å². The van der Waals surface area contributed by atoms with Gasteiger partial charge in [0, 0.05) is 12.1 Å². The Morgan fingerprint density at radius 1 is 1.28 bits per heavy atom. The molecule has 0 spiro atoms. The van der Waals surface area contributed by atoms with Gasteiger partial charge < -0.3 is 5.32 Å². The van der Waals surface area contributed by atoms with Crippen LogP contribution in [0.15, 0.2) is 51.0 Å². The molecule has 8 heteroatoms. The Hall–Kier alpha value is -2.19. The number of amides is 1. The van der Waals surface area contributed by atoms with E-state index in [1.54, 1.807) is 29.5 Å². The van der Waals surface area contributed by atoms with Crippen LogP contribution in [0.2, 0.25) is 0 Å². The SMILES string of the molecule is CC(C)[C@H](N=C1NS(=O)(=O)c2ccccc21)C(=O)NCc1ccsc1. The largest absolute Gasteiger partial charge is 0.350 e. The minimum Gasteiger partial charge on any atom is -0.350 e. The molecule has 0 fully saturated rings. The first-order valence-corrected chi connectivity index (χ1v) is 10.3. The van der Waals surface area contributed by atoms with E-state index < -0.39 is 16.1 Å². The van der Waals surface area contributed by atoms with Crippen molar-refractivity contribution in [1.82, 2.24) is 10.0 Å². The number of sulfonamides is 1. The molecule has 3 rings (SSSR count). The third kappa shape index (κ3) is 3.74. The summed E-state index contributed by atoms with van der Waals surface area (Å²) >= 11 is 1.57. The molecule has 6 nitrogen and oxygen atoms in total. The molecule has 0 aliphatic carbocycles. The van der Waals surface area contributed by atoms with Crippen LogP contribution in [0.25, 0.3) is 0 Å². The van der Waals surface area contributed by atoms with Gasteiger partial charge >= 0.3 is 0 Å². The predicted octanol–water partition coefficient (Wildman–Crippen LogP) is 2.13. The first kappa shape index (κ1) is 17.6. The van der Waals surface area contributed by atoms with Gasteiger partial charge in [-0.05, 0) is 40.4 Å². The Morgan fingerprint density at radius 3 is 2.72 bits per heavy atom. The van der Waals surface area contributed by atoms with E-state index in [4.69, 9.17) is 0 Å². The number of nitrogens with one attached hydrogen (secondary N) is 2. The second kappa shape index (κ2) is 6.97. The number of hydrogen-bond acceptors (Lipinski definition) is 5. The van der Waals surface area contributed by atoms with E-state index in [0.717, 1.165) is 5.56 Å². The number of aliphatic imine (C=N–C) groups is 1. The van der Waals surface area contributed by atoms with Crippen LogP contribution in [-0.4, -0.2) is 26.2 Å². The third-order valence-corrected chi connectivity index (χ3v) is 6.01. The van der Waals surface area contributed by atoms with Crippen LogP contribution in [0, 0.1) is 5.92 Å². The first-order chi connectivity index (χ1) is 11.9. The van der Waals surface area contributed by atoms with E-state index in [-0.39, 0.29) is 22.6 Å². The van der Waals surface area contributed by atoms with Crippen molar-refractivity contribution in [3.8, 4) is 0 Å². The Morgan fingerprint density at radius 2 is 2.04 bits per heavy atom. The molecular formula is C17H19N3O3S2. The molecule has 0 unspecified atom stereocenters. The molecule has 2 aromatic rings. The fourth-order valence-electron chi connectivity index (χ4n) is 2.57. The van der Waals surface area contributed by atoms with E-state index >= 15 is 0 Å². The van der Waals surface area contributed by atoms with Crippen molar-refractivity contribution < 1.29 is 13.2 Å². The molecule has 0 radical (unpaired) electrons. The Bertz CT molecular complexity index is 903. The highest BCUT2D eigenvalue weighted by Crippen LogP contribution is 2.23. The monoisotopic (exact) mass is 377 g/mol. The molecule has 0 bridgehead atoms. The lowest BCUT2D eigenvalue weighted by molar-refractivity contribution is -0.123. The van der Waals surface area contributed by atoms with Gasteiger partial charge in [-0.3, -0.25) is 14.5 Å². The van der Waals surface area contributed by atoms with Crippen LogP contribution in [0.3, 0.4) is 0 Å². The van der Waals surface area contributed by atoms with Gasteiger partial charge in [0.2, 0.25) is 5.91 Å². The smallest absolute Gasteiger partial charge is 0.263 e. The van der Waals surface area contributed by atoms with Gasteiger partial charge in [0.15, 0.2) is 0 Å². The number of amidine groups is 1. The number of carbonyl (C=O) groups excluding carboxylic acids is 1. The molecule has 1 atom stereocenters. The number of thiophene rings is 1. The summed E-state index contributed by atoms with van der Waals surface area (Å²) in [6.07, 6.45) is 0. The molecule has 0 saturated heterocycles. The lowest BCUT2D eigenvalue weighted by Crippen LogP contribution is -2.38. The summed E-state index contributed by atoms with van der Waals surface area (Å²) in [5.74, 6) is -0.0792. The summed E-state index contributed by atoms with van der Waals surface area (Å²) in [4.78, 5) is 17.2. The van der Waals surface area contributed by atoms with Gasteiger partial charge in [0.25, 0.3) is 10.0 Å². The zero-order chi connectivity index (χ0) is 18.0. The fraction of sp³-hybridized carbons (Fsp3) is 0.294. The second-order valence-electron chi connectivity index (χ2n) is 6.12. The van der Waals surface area contributed by atoms with Gasteiger partial charge in [-0.15, -0.1) is 0 Å². The summed E-state index contributed by atoms with van der Waals surface area (Å²) in [6.45, 7) is 4.20. The van der Waals surface area contributed by atoms with Gasteiger partial charge in [-0.2, -0.15) is 11.3 Å². The Kier molecular flexibility index (Phi) is 4.91. The van der Waals surface area contributed by atoms with E-state index in [9.17, 15) is 13.2 Å². The molecule has 1 aromatic carbocycles. The molecule has 1 aromatic heterocycles. The van der Waals surface area contributed by atoms with E-state index in [0.29, 0.717) is 12.1 Å². The lowest BCUT2D eigenvalue weighted by Gasteiger charge is -2.17. The number of benzene rings is 1. The highest BCUT2D eigenvalue weighted by molar-refractivity contribution is 7.90. The summed E-state index contributed by atoms with van der Waals surface area (Å²) in [5.41, 5.74) is 1.53. The predicted molar refractivity (Wildman–Crippen MR) is 98.1 cm³/mol. The van der Waals surface area contributed by atoms with Crippen molar-refractivity contribution in [3.05, 3.63) is 52.2 Å². The number of hydrogen-bond donors (Lipinski definition) is 2. The van der Waals surface area contributed by atoms with Crippen molar-refractivity contribution in [2.24, 2.45) is 10.9 Å². The maximum atomic E-state index is 12.5. The first-order valence-electron chi connectivity index (χ1n) is 7.87. The second-order valence-corrected chi connectivity index (χ2v) is 8.55. The Balaban J connectivity index is 1.84. The third-order valence-electron chi connectivity index (χ3n) is 3.88. The summed E-state index contributed by atoms with van der Waals surface area (Å²) < 4.78 is 26.8. The molecule has 1 aliphatic rings. The van der Waals surface area contributed by atoms with Crippen LogP contribution in [0.1, 0.15) is 25.0 Å². The Labute approximate surface area is 151 Å². The molecule has 0 saturated carbocycles. The molecule has 2 heterocycles. The van der Waals surface area contributed by atoms with E-state index in [1.807, 2.05) is 30.7 Å². The van der Waals surface area contributed by atoms with Gasteiger partial charge in [-0.1, -0.05) is 26.0 Å². The summed E-state index contributed by atoms with van der Waals surface area (Å²) in [5, 5.41) is 6.79. The molecule has 1 aliphatic heterocycles. The van der Waals surface area contributed by atoms with Gasteiger partial charge in [0.05, 0.1) is 4.90 Å². The standard InChI is InChI=1S/C17H19N3O3S2/c1-11(2)15(17(21)18-9-12-7-8-24-10-12)19-16-13-5-3-4-6-14(13)25(22,23)20-16/h3-8,10-11,15H,9H2,1-2H3,(H,18,21)(H,19,20)/t15-/m0/s1. The normalized spacial score (nSPS) is 18.0. The van der Waals surface area contributed by atoms with Crippen LogP contribution in [-0.2, 0) is 21.4 Å². The van der Waals surface area contributed by atoms with Crippen LogP contribution >= 0.6 is 11.3 Å². The maximum absolute atomic E-state index is 12.5. The molecule has 1 amide bonds. The van der Waals surface area contributed by atoms with Crippen molar-refractivity contribution in [2.75, 3.05) is 0 Å². The van der Waals surface area contributed by atoms with Crippen LogP contribution in [0.5, 0.6) is 0 Å². The van der Waals surface area contributed by atoms with E-state index in [1.165, 1.54) is 6.07 Å². The lowest BCUT2D eigenvalue weighted by atomic mass is 10.0. The minimum atomic E-state index is -3.61. The number of carbonyl (C=O) groups is 1. The maximum Gasteiger partial charge on any atom is 0.263 e. The van der Waals surface area contributed by atoms with Crippen LogP contribution < -0.4 is 10.0 Å². The quantitative estimate of drug-likeness (QED) is 0.837.